The van der Waals surface area contributed by atoms with Crippen LogP contribution in [0.15, 0.2) is 18.2 Å². The lowest BCUT2D eigenvalue weighted by molar-refractivity contribution is -0.143. The Morgan fingerprint density at radius 1 is 0.952 bits per heavy atom. The predicted octanol–water partition coefficient (Wildman–Crippen LogP) is 5.17. The van der Waals surface area contributed by atoms with Gasteiger partial charge < -0.3 is 0 Å². The molecular weight excluding hydrogens is 322 g/mol. The van der Waals surface area contributed by atoms with Crippen molar-refractivity contribution in [2.45, 2.75) is 26.2 Å². The summed E-state index contributed by atoms with van der Waals surface area (Å²) in [5, 5.41) is 0. The molecule has 0 saturated heterocycles. The summed E-state index contributed by atoms with van der Waals surface area (Å²) in [6.45, 7) is 2.69. The third kappa shape index (κ3) is 4.12. The topological polar surface area (TPSA) is 17.1 Å². The van der Waals surface area contributed by atoms with Gasteiger partial charge in [0.15, 0.2) is 5.78 Å². The Hall–Kier alpha value is -1.24. The maximum Gasteiger partial charge on any atom is 0.416 e. The number of rotatable bonds is 3. The van der Waals surface area contributed by atoms with E-state index in [1.165, 1.54) is 13.8 Å². The van der Waals surface area contributed by atoms with Crippen LogP contribution in [0.1, 0.15) is 35.3 Å². The van der Waals surface area contributed by atoms with E-state index in [4.69, 9.17) is 11.6 Å². The van der Waals surface area contributed by atoms with Crippen molar-refractivity contribution in [3.05, 3.63) is 34.9 Å². The van der Waals surface area contributed by atoms with Crippen molar-refractivity contribution >= 4 is 17.4 Å². The zero-order valence-electron chi connectivity index (χ0n) is 11.0. The summed E-state index contributed by atoms with van der Waals surface area (Å²) in [7, 11) is 0. The molecule has 0 aliphatic heterocycles. The number of carbonyl (C=O) groups excluding carboxylic acids is 1. The van der Waals surface area contributed by atoms with Crippen molar-refractivity contribution in [1.29, 1.82) is 0 Å². The lowest BCUT2D eigenvalue weighted by Crippen LogP contribution is -2.27. The average molecular weight is 333 g/mol. The van der Waals surface area contributed by atoms with Gasteiger partial charge in [-0.25, -0.2) is 0 Å². The molecule has 0 heterocycles. The number of ketones is 1. The van der Waals surface area contributed by atoms with Crippen LogP contribution in [0.25, 0.3) is 0 Å². The van der Waals surface area contributed by atoms with Crippen molar-refractivity contribution in [3.8, 4) is 0 Å². The lowest BCUT2D eigenvalue weighted by Gasteiger charge is -2.21. The second-order valence-electron chi connectivity index (χ2n) is 5.14. The first-order valence-corrected chi connectivity index (χ1v) is 6.23. The quantitative estimate of drug-likeness (QED) is 0.424. The molecule has 1 nitrogen and oxygen atoms in total. The molecule has 0 N–H and O–H groups in total. The summed E-state index contributed by atoms with van der Waals surface area (Å²) in [5.74, 6) is -1.11. The zero-order valence-corrected chi connectivity index (χ0v) is 11.7. The molecule has 0 saturated carbocycles. The summed E-state index contributed by atoms with van der Waals surface area (Å²) in [4.78, 5) is 12.0. The van der Waals surface area contributed by atoms with Gasteiger partial charge in [0.1, 0.15) is 0 Å². The molecule has 0 bridgehead atoms. The van der Waals surface area contributed by atoms with Gasteiger partial charge in [-0.3, -0.25) is 4.79 Å². The maximum absolute atomic E-state index is 12.7. The maximum atomic E-state index is 12.7. The largest absolute Gasteiger partial charge is 0.416 e. The Morgan fingerprint density at radius 2 is 1.33 bits per heavy atom. The molecule has 0 radical (unpaired) electrons. The Morgan fingerprint density at radius 3 is 1.62 bits per heavy atom. The van der Waals surface area contributed by atoms with E-state index in [1.54, 1.807) is 0 Å². The molecule has 8 heteroatoms. The van der Waals surface area contributed by atoms with Crippen molar-refractivity contribution < 1.29 is 31.1 Å². The van der Waals surface area contributed by atoms with E-state index in [-0.39, 0.29) is 11.9 Å². The molecule has 1 rings (SSSR count). The average Bonchev–Trinajstić information content (AvgIpc) is 2.35. The SMILES string of the molecule is CC(C)(CCl)C(=O)c1cc(C(F)(F)F)cc(C(F)(F)F)c1. The fraction of sp³-hybridized carbons (Fsp3) is 0.462. The van der Waals surface area contributed by atoms with E-state index in [0.29, 0.717) is 12.1 Å². The van der Waals surface area contributed by atoms with Crippen LogP contribution in [-0.2, 0) is 12.4 Å². The van der Waals surface area contributed by atoms with Crippen molar-refractivity contribution in [3.63, 3.8) is 0 Å². The Kier molecular flexibility index (Phi) is 4.68. The van der Waals surface area contributed by atoms with Crippen LogP contribution in [0.2, 0.25) is 0 Å². The molecule has 0 spiro atoms. The lowest BCUT2D eigenvalue weighted by atomic mass is 9.85. The van der Waals surface area contributed by atoms with Crippen LogP contribution in [0.3, 0.4) is 0 Å². The second kappa shape index (κ2) is 5.51. The summed E-state index contributed by atoms with van der Waals surface area (Å²) >= 11 is 5.53. The first-order valence-electron chi connectivity index (χ1n) is 5.69. The standard InChI is InChI=1S/C13H11ClF6O/c1-11(2,6-14)10(21)7-3-8(12(15,16)17)5-9(4-7)13(18,19)20/h3-5H,6H2,1-2H3. The number of hydrogen-bond donors (Lipinski definition) is 0. The summed E-state index contributed by atoms with van der Waals surface area (Å²) in [5.41, 5.74) is -4.98. The Balaban J connectivity index is 3.50. The minimum absolute atomic E-state index is 0.0233. The number of Topliss-reactive ketones (excluding diaryl/α,β-unsaturated/α-hetero) is 1. The van der Waals surface area contributed by atoms with E-state index in [1.807, 2.05) is 0 Å². The number of benzene rings is 1. The zero-order chi connectivity index (χ0) is 16.6. The van der Waals surface area contributed by atoms with Crippen LogP contribution in [0, 0.1) is 5.41 Å². The number of carbonyl (C=O) groups is 1. The van der Waals surface area contributed by atoms with E-state index in [0.717, 1.165) is 0 Å². The molecule has 0 aliphatic rings. The van der Waals surface area contributed by atoms with Gasteiger partial charge in [-0.1, -0.05) is 13.8 Å². The van der Waals surface area contributed by atoms with Gasteiger partial charge >= 0.3 is 12.4 Å². The summed E-state index contributed by atoms with van der Waals surface area (Å²) < 4.78 is 76.0. The van der Waals surface area contributed by atoms with Crippen molar-refractivity contribution in [2.75, 3.05) is 5.88 Å². The highest BCUT2D eigenvalue weighted by atomic mass is 35.5. The normalized spacial score (nSPS) is 13.4. The third-order valence-electron chi connectivity index (χ3n) is 2.80. The Bertz CT molecular complexity index is 512. The van der Waals surface area contributed by atoms with Crippen molar-refractivity contribution in [2.24, 2.45) is 5.41 Å². The summed E-state index contributed by atoms with van der Waals surface area (Å²) in [6.07, 6.45) is -9.97. The van der Waals surface area contributed by atoms with Gasteiger partial charge in [0, 0.05) is 16.9 Å². The van der Waals surface area contributed by atoms with Crippen LogP contribution in [0.5, 0.6) is 0 Å². The molecule has 1 aromatic rings. The molecule has 0 aliphatic carbocycles. The van der Waals surface area contributed by atoms with Gasteiger partial charge in [0.2, 0.25) is 0 Å². The van der Waals surface area contributed by atoms with E-state index >= 15 is 0 Å². The van der Waals surface area contributed by atoms with Gasteiger partial charge in [0.05, 0.1) is 11.1 Å². The first-order chi connectivity index (χ1) is 9.29. The molecule has 21 heavy (non-hydrogen) atoms. The fourth-order valence-electron chi connectivity index (χ4n) is 1.54. The van der Waals surface area contributed by atoms with E-state index in [2.05, 4.69) is 0 Å². The molecule has 1 aromatic carbocycles. The molecule has 0 aromatic heterocycles. The molecular formula is C13H11ClF6O. The van der Waals surface area contributed by atoms with E-state index < -0.39 is 40.2 Å². The molecule has 118 valence electrons. The number of alkyl halides is 7. The third-order valence-corrected chi connectivity index (χ3v) is 3.47. The first kappa shape index (κ1) is 17.8. The van der Waals surface area contributed by atoms with Gasteiger partial charge in [-0.05, 0) is 18.2 Å². The molecule has 0 atom stereocenters. The minimum Gasteiger partial charge on any atom is -0.294 e. The van der Waals surface area contributed by atoms with Crippen LogP contribution >= 0.6 is 11.6 Å². The molecule has 0 unspecified atom stereocenters. The van der Waals surface area contributed by atoms with Crippen LogP contribution in [-0.4, -0.2) is 11.7 Å². The van der Waals surface area contributed by atoms with Gasteiger partial charge in [-0.2, -0.15) is 26.3 Å². The number of hydrogen-bond acceptors (Lipinski definition) is 1. The fourth-order valence-corrected chi connectivity index (χ4v) is 1.66. The minimum atomic E-state index is -4.98. The Labute approximate surface area is 121 Å². The van der Waals surface area contributed by atoms with Crippen LogP contribution < -0.4 is 0 Å². The smallest absolute Gasteiger partial charge is 0.294 e. The van der Waals surface area contributed by atoms with Gasteiger partial charge in [-0.15, -0.1) is 11.6 Å². The highest BCUT2D eigenvalue weighted by molar-refractivity contribution is 6.21. The summed E-state index contributed by atoms with van der Waals surface area (Å²) in [6, 6.07) is 0.794. The van der Waals surface area contributed by atoms with Crippen molar-refractivity contribution in [1.82, 2.24) is 0 Å². The molecule has 0 fully saturated rings. The predicted molar refractivity (Wildman–Crippen MR) is 65.3 cm³/mol. The van der Waals surface area contributed by atoms with Crippen LogP contribution in [0.4, 0.5) is 26.3 Å². The monoisotopic (exact) mass is 332 g/mol. The second-order valence-corrected chi connectivity index (χ2v) is 5.41. The van der Waals surface area contributed by atoms with Gasteiger partial charge in [0.25, 0.3) is 0 Å². The highest BCUT2D eigenvalue weighted by Gasteiger charge is 2.38. The number of halogens is 7. The molecule has 0 amide bonds. The van der Waals surface area contributed by atoms with E-state index in [9.17, 15) is 31.1 Å². The highest BCUT2D eigenvalue weighted by Crippen LogP contribution is 2.37.